The van der Waals surface area contributed by atoms with Crippen LogP contribution in [0.5, 0.6) is 0 Å². The first-order chi connectivity index (χ1) is 9.88. The third-order valence-corrected chi connectivity index (χ3v) is 2.96. The predicted octanol–water partition coefficient (Wildman–Crippen LogP) is 2.11. The quantitative estimate of drug-likeness (QED) is 0.475. The van der Waals surface area contributed by atoms with Gasteiger partial charge in [-0.3, -0.25) is 14.9 Å². The van der Waals surface area contributed by atoms with Crippen LogP contribution in [0.2, 0.25) is 0 Å². The van der Waals surface area contributed by atoms with Crippen LogP contribution in [0.4, 0.5) is 14.5 Å². The molecule has 1 aromatic rings. The molecule has 0 aliphatic carbocycles. The summed E-state index contributed by atoms with van der Waals surface area (Å²) < 4.78 is 26.2. The fraction of sp³-hybridized carbons (Fsp3) is 0.462. The fourth-order valence-corrected chi connectivity index (χ4v) is 1.80. The summed E-state index contributed by atoms with van der Waals surface area (Å²) in [5.74, 6) is -3.42. The minimum Gasteiger partial charge on any atom is -0.396 e. The predicted molar refractivity (Wildman–Crippen MR) is 70.9 cm³/mol. The van der Waals surface area contributed by atoms with Gasteiger partial charge >= 0.3 is 0 Å². The number of unbranched alkanes of at least 4 members (excludes halogenated alkanes) is 2. The van der Waals surface area contributed by atoms with Crippen LogP contribution in [-0.4, -0.2) is 41.0 Å². The molecule has 0 radical (unpaired) electrons. The van der Waals surface area contributed by atoms with E-state index in [1.165, 1.54) is 11.9 Å². The molecule has 0 saturated carbocycles. The molecule has 1 aromatic carbocycles. The Labute approximate surface area is 120 Å². The molecular formula is C13H16F2N2O4. The van der Waals surface area contributed by atoms with Crippen molar-refractivity contribution in [2.45, 2.75) is 19.3 Å². The first-order valence-corrected chi connectivity index (χ1v) is 6.38. The van der Waals surface area contributed by atoms with Crippen molar-refractivity contribution in [3.05, 3.63) is 39.4 Å². The topological polar surface area (TPSA) is 83.7 Å². The Bertz CT molecular complexity index is 537. The Morgan fingerprint density at radius 2 is 1.90 bits per heavy atom. The molecular weight excluding hydrogens is 286 g/mol. The molecule has 1 rings (SSSR count). The zero-order valence-electron chi connectivity index (χ0n) is 11.5. The van der Waals surface area contributed by atoms with Gasteiger partial charge in [-0.05, 0) is 25.3 Å². The number of carbonyl (C=O) groups is 1. The fourth-order valence-electron chi connectivity index (χ4n) is 1.80. The Kier molecular flexibility index (Phi) is 6.16. The van der Waals surface area contributed by atoms with Gasteiger partial charge < -0.3 is 10.0 Å². The van der Waals surface area contributed by atoms with Crippen LogP contribution in [-0.2, 0) is 0 Å². The average Bonchev–Trinajstić information content (AvgIpc) is 2.44. The average molecular weight is 302 g/mol. The third-order valence-electron chi connectivity index (χ3n) is 2.96. The molecule has 0 aliphatic rings. The molecule has 8 heteroatoms. The zero-order chi connectivity index (χ0) is 16.0. The number of halogens is 2. The second-order valence-electron chi connectivity index (χ2n) is 4.55. The molecule has 0 heterocycles. The van der Waals surface area contributed by atoms with Crippen LogP contribution in [0.25, 0.3) is 0 Å². The van der Waals surface area contributed by atoms with E-state index in [-0.39, 0.29) is 6.61 Å². The van der Waals surface area contributed by atoms with Crippen molar-refractivity contribution in [3.63, 3.8) is 0 Å². The highest BCUT2D eigenvalue weighted by Crippen LogP contribution is 2.23. The first kappa shape index (κ1) is 17.0. The van der Waals surface area contributed by atoms with E-state index in [0.29, 0.717) is 37.9 Å². The van der Waals surface area contributed by atoms with E-state index in [4.69, 9.17) is 5.11 Å². The minimum atomic E-state index is -1.37. The lowest BCUT2D eigenvalue weighted by atomic mass is 10.1. The third kappa shape index (κ3) is 4.45. The van der Waals surface area contributed by atoms with E-state index in [1.807, 2.05) is 0 Å². The van der Waals surface area contributed by atoms with Crippen LogP contribution >= 0.6 is 0 Å². The summed E-state index contributed by atoms with van der Waals surface area (Å²) in [5.41, 5.74) is -1.25. The maximum absolute atomic E-state index is 13.2. The summed E-state index contributed by atoms with van der Waals surface area (Å²) in [7, 11) is 1.42. The van der Waals surface area contributed by atoms with Gasteiger partial charge in [0.1, 0.15) is 5.56 Å². The zero-order valence-corrected chi connectivity index (χ0v) is 11.5. The second kappa shape index (κ2) is 7.63. The number of aliphatic hydroxyl groups excluding tert-OH is 1. The molecule has 0 aromatic heterocycles. The lowest BCUT2D eigenvalue weighted by Gasteiger charge is -2.17. The number of amides is 1. The second-order valence-corrected chi connectivity index (χ2v) is 4.55. The highest BCUT2D eigenvalue weighted by atomic mass is 19.2. The minimum absolute atomic E-state index is 0.0479. The van der Waals surface area contributed by atoms with Crippen molar-refractivity contribution in [1.82, 2.24) is 4.90 Å². The monoisotopic (exact) mass is 302 g/mol. The van der Waals surface area contributed by atoms with Crippen LogP contribution < -0.4 is 0 Å². The number of aliphatic hydroxyl groups is 1. The Morgan fingerprint density at radius 1 is 1.29 bits per heavy atom. The SMILES string of the molecule is CN(CCCCCO)C(=O)c1cc(F)c(F)cc1[N+](=O)[O-]. The van der Waals surface area contributed by atoms with Gasteiger partial charge in [0.25, 0.3) is 11.6 Å². The van der Waals surface area contributed by atoms with Crippen LogP contribution in [0.3, 0.4) is 0 Å². The van der Waals surface area contributed by atoms with Crippen molar-refractivity contribution in [2.24, 2.45) is 0 Å². The highest BCUT2D eigenvalue weighted by molar-refractivity contribution is 5.98. The largest absolute Gasteiger partial charge is 0.396 e. The number of benzene rings is 1. The summed E-state index contributed by atoms with van der Waals surface area (Å²) in [6.07, 6.45) is 1.88. The molecule has 6 nitrogen and oxygen atoms in total. The number of carbonyl (C=O) groups excluding carboxylic acids is 1. The van der Waals surface area contributed by atoms with Gasteiger partial charge in [0.2, 0.25) is 0 Å². The summed E-state index contributed by atoms with van der Waals surface area (Å²) in [5, 5.41) is 19.5. The maximum Gasteiger partial charge on any atom is 0.285 e. The van der Waals surface area contributed by atoms with E-state index >= 15 is 0 Å². The summed E-state index contributed by atoms with van der Waals surface area (Å²) in [4.78, 5) is 23.2. The van der Waals surface area contributed by atoms with Crippen molar-refractivity contribution >= 4 is 11.6 Å². The molecule has 0 bridgehead atoms. The molecule has 21 heavy (non-hydrogen) atoms. The summed E-state index contributed by atoms with van der Waals surface area (Å²) in [6, 6.07) is 0.947. The Hall–Kier alpha value is -2.09. The van der Waals surface area contributed by atoms with Crippen LogP contribution in [0.1, 0.15) is 29.6 Å². The van der Waals surface area contributed by atoms with Gasteiger partial charge in [-0.2, -0.15) is 0 Å². The van der Waals surface area contributed by atoms with E-state index in [9.17, 15) is 23.7 Å². The maximum atomic E-state index is 13.2. The first-order valence-electron chi connectivity index (χ1n) is 6.38. The highest BCUT2D eigenvalue weighted by Gasteiger charge is 2.25. The molecule has 0 unspecified atom stereocenters. The molecule has 1 amide bonds. The van der Waals surface area contributed by atoms with Gasteiger partial charge in [-0.15, -0.1) is 0 Å². The number of nitrogens with zero attached hydrogens (tertiary/aromatic N) is 2. The van der Waals surface area contributed by atoms with Gasteiger partial charge in [-0.1, -0.05) is 0 Å². The van der Waals surface area contributed by atoms with Gasteiger partial charge in [-0.25, -0.2) is 8.78 Å². The lowest BCUT2D eigenvalue weighted by molar-refractivity contribution is -0.385. The number of nitro benzene ring substituents is 1. The Morgan fingerprint density at radius 3 is 2.48 bits per heavy atom. The molecule has 0 fully saturated rings. The number of nitro groups is 1. The molecule has 1 N–H and O–H groups in total. The Balaban J connectivity index is 2.90. The van der Waals surface area contributed by atoms with Gasteiger partial charge in [0.15, 0.2) is 11.6 Å². The van der Waals surface area contributed by atoms with E-state index in [1.54, 1.807) is 0 Å². The van der Waals surface area contributed by atoms with Crippen molar-refractivity contribution < 1.29 is 23.6 Å². The van der Waals surface area contributed by atoms with Crippen molar-refractivity contribution in [3.8, 4) is 0 Å². The molecule has 0 atom stereocenters. The molecule has 0 spiro atoms. The van der Waals surface area contributed by atoms with E-state index < -0.39 is 33.7 Å². The smallest absolute Gasteiger partial charge is 0.285 e. The van der Waals surface area contributed by atoms with Crippen LogP contribution in [0, 0.1) is 21.7 Å². The number of hydrogen-bond donors (Lipinski definition) is 1. The number of rotatable bonds is 7. The lowest BCUT2D eigenvalue weighted by Crippen LogP contribution is -2.28. The summed E-state index contributed by atoms with van der Waals surface area (Å²) in [6.45, 7) is 0.349. The van der Waals surface area contributed by atoms with E-state index in [2.05, 4.69) is 0 Å². The molecule has 0 aliphatic heterocycles. The van der Waals surface area contributed by atoms with Gasteiger partial charge in [0.05, 0.1) is 11.0 Å². The van der Waals surface area contributed by atoms with Crippen molar-refractivity contribution in [1.29, 1.82) is 0 Å². The normalized spacial score (nSPS) is 10.5. The molecule has 0 saturated heterocycles. The molecule has 116 valence electrons. The van der Waals surface area contributed by atoms with Crippen molar-refractivity contribution in [2.75, 3.05) is 20.2 Å². The van der Waals surface area contributed by atoms with E-state index in [0.717, 1.165) is 0 Å². The summed E-state index contributed by atoms with van der Waals surface area (Å²) >= 11 is 0. The van der Waals surface area contributed by atoms with Crippen LogP contribution in [0.15, 0.2) is 12.1 Å². The number of hydrogen-bond acceptors (Lipinski definition) is 4. The standard InChI is InChI=1S/C13H16F2N2O4/c1-16(5-3-2-4-6-18)13(19)9-7-10(14)11(15)8-12(9)17(20)21/h7-8,18H,2-6H2,1H3. The van der Waals surface area contributed by atoms with Gasteiger partial charge in [0, 0.05) is 20.2 Å².